The summed E-state index contributed by atoms with van der Waals surface area (Å²) in [4.78, 5) is 18.2. The van der Waals surface area contributed by atoms with E-state index in [9.17, 15) is 4.79 Å². The quantitative estimate of drug-likeness (QED) is 0.625. The highest BCUT2D eigenvalue weighted by molar-refractivity contribution is 6.31. The number of hydrogen-bond acceptors (Lipinski definition) is 6. The third-order valence-corrected chi connectivity index (χ3v) is 1.56. The van der Waals surface area contributed by atoms with Crippen LogP contribution in [0.4, 0.5) is 11.6 Å². The number of carbonyl (C=O) groups is 1. The Morgan fingerprint density at radius 3 is 2.54 bits per heavy atom. The zero-order valence-electron chi connectivity index (χ0n) is 6.74. The lowest BCUT2D eigenvalue weighted by Gasteiger charge is -2.03. The molecule has 0 aliphatic heterocycles. The van der Waals surface area contributed by atoms with Crippen LogP contribution in [0.25, 0.3) is 0 Å². The van der Waals surface area contributed by atoms with Crippen molar-refractivity contribution in [2.24, 2.45) is 0 Å². The molecule has 0 aromatic carbocycles. The first-order valence-corrected chi connectivity index (χ1v) is 3.61. The molecule has 0 aliphatic carbocycles. The van der Waals surface area contributed by atoms with Gasteiger partial charge in [-0.15, -0.1) is 0 Å². The largest absolute Gasteiger partial charge is 0.464 e. The molecule has 0 spiro atoms. The number of anilines is 2. The van der Waals surface area contributed by atoms with E-state index in [1.54, 1.807) is 0 Å². The van der Waals surface area contributed by atoms with Gasteiger partial charge in [0.05, 0.1) is 7.11 Å². The maximum Gasteiger partial charge on any atom is 0.360 e. The smallest absolute Gasteiger partial charge is 0.360 e. The molecule has 4 N–H and O–H groups in total. The average Bonchev–Trinajstić information content (AvgIpc) is 2.10. The Morgan fingerprint density at radius 1 is 1.38 bits per heavy atom. The Morgan fingerprint density at radius 2 is 2.00 bits per heavy atom. The Labute approximate surface area is 78.9 Å². The number of hydrogen-bond donors (Lipinski definition) is 2. The minimum absolute atomic E-state index is 0.0215. The van der Waals surface area contributed by atoms with Crippen molar-refractivity contribution < 1.29 is 9.53 Å². The van der Waals surface area contributed by atoms with Crippen molar-refractivity contribution in [1.29, 1.82) is 0 Å². The van der Waals surface area contributed by atoms with Crippen LogP contribution in [-0.4, -0.2) is 23.0 Å². The Kier molecular flexibility index (Phi) is 2.52. The van der Waals surface area contributed by atoms with Crippen molar-refractivity contribution in [3.8, 4) is 0 Å². The van der Waals surface area contributed by atoms with E-state index >= 15 is 0 Å². The summed E-state index contributed by atoms with van der Waals surface area (Å²) in [6, 6.07) is 0. The lowest BCUT2D eigenvalue weighted by atomic mass is 10.4. The van der Waals surface area contributed by atoms with E-state index in [0.29, 0.717) is 0 Å². The molecule has 13 heavy (non-hydrogen) atoms. The van der Waals surface area contributed by atoms with Crippen molar-refractivity contribution >= 4 is 29.2 Å². The summed E-state index contributed by atoms with van der Waals surface area (Å²) in [5.74, 6) is -0.826. The number of ether oxygens (including phenoxy) is 1. The number of nitrogens with two attached hydrogens (primary N) is 2. The lowest BCUT2D eigenvalue weighted by Crippen LogP contribution is -2.11. The number of esters is 1. The maximum atomic E-state index is 11.0. The molecule has 1 aromatic rings. The van der Waals surface area contributed by atoms with Crippen LogP contribution in [-0.2, 0) is 4.74 Å². The Hall–Kier alpha value is -1.56. The van der Waals surface area contributed by atoms with Crippen LogP contribution in [0.15, 0.2) is 0 Å². The number of rotatable bonds is 1. The standard InChI is InChI=1S/C6H7ClN4O2/c1-13-6(12)2-4(8)11-5(9)3(7)10-2/h1H3,(H4,8,9,11). The van der Waals surface area contributed by atoms with Gasteiger partial charge in [0.15, 0.2) is 22.5 Å². The van der Waals surface area contributed by atoms with Crippen molar-refractivity contribution in [3.63, 3.8) is 0 Å². The zero-order valence-corrected chi connectivity index (χ0v) is 7.50. The van der Waals surface area contributed by atoms with Gasteiger partial charge in [-0.25, -0.2) is 14.8 Å². The molecular weight excluding hydrogens is 196 g/mol. The van der Waals surface area contributed by atoms with Crippen LogP contribution in [0.2, 0.25) is 5.15 Å². The maximum absolute atomic E-state index is 11.0. The molecule has 0 unspecified atom stereocenters. The van der Waals surface area contributed by atoms with Crippen molar-refractivity contribution in [2.45, 2.75) is 0 Å². The second kappa shape index (κ2) is 3.44. The molecular formula is C6H7ClN4O2. The molecule has 0 atom stereocenters. The fourth-order valence-electron chi connectivity index (χ4n) is 0.688. The average molecular weight is 203 g/mol. The van der Waals surface area contributed by atoms with E-state index in [2.05, 4.69) is 14.7 Å². The fraction of sp³-hybridized carbons (Fsp3) is 0.167. The van der Waals surface area contributed by atoms with Gasteiger partial charge in [-0.3, -0.25) is 0 Å². The first-order chi connectivity index (χ1) is 6.06. The molecule has 70 valence electrons. The summed E-state index contributed by atoms with van der Waals surface area (Å²) >= 11 is 5.52. The molecule has 1 aromatic heterocycles. The summed E-state index contributed by atoms with van der Waals surface area (Å²) in [6.45, 7) is 0. The first-order valence-electron chi connectivity index (χ1n) is 3.23. The number of nitrogens with zero attached hydrogens (tertiary/aromatic N) is 2. The molecule has 7 heteroatoms. The van der Waals surface area contributed by atoms with Gasteiger partial charge in [-0.2, -0.15) is 0 Å². The highest BCUT2D eigenvalue weighted by atomic mass is 35.5. The van der Waals surface area contributed by atoms with Gasteiger partial charge in [0.1, 0.15) is 0 Å². The molecule has 1 rings (SSSR count). The summed E-state index contributed by atoms with van der Waals surface area (Å²) < 4.78 is 4.39. The van der Waals surface area contributed by atoms with Crippen LogP contribution in [0.5, 0.6) is 0 Å². The topological polar surface area (TPSA) is 104 Å². The van der Waals surface area contributed by atoms with Gasteiger partial charge >= 0.3 is 5.97 Å². The molecule has 0 fully saturated rings. The van der Waals surface area contributed by atoms with Crippen LogP contribution in [0, 0.1) is 0 Å². The number of methoxy groups -OCH3 is 1. The van der Waals surface area contributed by atoms with Gasteiger partial charge in [0.25, 0.3) is 0 Å². The molecule has 0 bridgehead atoms. The molecule has 0 aliphatic rings. The zero-order chi connectivity index (χ0) is 10.0. The summed E-state index contributed by atoms with van der Waals surface area (Å²) in [6.07, 6.45) is 0. The van der Waals surface area contributed by atoms with Gasteiger partial charge in [0.2, 0.25) is 0 Å². The highest BCUT2D eigenvalue weighted by Crippen LogP contribution is 2.17. The normalized spacial score (nSPS) is 9.69. The summed E-state index contributed by atoms with van der Waals surface area (Å²) in [7, 11) is 1.20. The van der Waals surface area contributed by atoms with E-state index in [4.69, 9.17) is 23.1 Å². The lowest BCUT2D eigenvalue weighted by molar-refractivity contribution is 0.0595. The SMILES string of the molecule is COC(=O)c1nc(Cl)c(N)nc1N. The number of halogens is 1. The fourth-order valence-corrected chi connectivity index (χ4v) is 0.815. The van der Waals surface area contributed by atoms with Crippen LogP contribution in [0.1, 0.15) is 10.5 Å². The highest BCUT2D eigenvalue weighted by Gasteiger charge is 2.15. The van der Waals surface area contributed by atoms with Gasteiger partial charge < -0.3 is 16.2 Å². The summed E-state index contributed by atoms with van der Waals surface area (Å²) in [5.41, 5.74) is 10.5. The third-order valence-electron chi connectivity index (χ3n) is 1.28. The summed E-state index contributed by atoms with van der Waals surface area (Å²) in [5, 5.41) is -0.0744. The van der Waals surface area contributed by atoms with Crippen molar-refractivity contribution in [3.05, 3.63) is 10.8 Å². The second-order valence-corrected chi connectivity index (χ2v) is 2.48. The Balaban J connectivity index is 3.23. The molecule has 0 saturated carbocycles. The minimum atomic E-state index is -0.702. The van der Waals surface area contributed by atoms with Crippen molar-refractivity contribution in [1.82, 2.24) is 9.97 Å². The van der Waals surface area contributed by atoms with E-state index < -0.39 is 5.97 Å². The Bertz CT molecular complexity index is 355. The van der Waals surface area contributed by atoms with Gasteiger partial charge in [-0.05, 0) is 0 Å². The van der Waals surface area contributed by atoms with Crippen LogP contribution < -0.4 is 11.5 Å². The van der Waals surface area contributed by atoms with Gasteiger partial charge in [-0.1, -0.05) is 11.6 Å². The van der Waals surface area contributed by atoms with E-state index in [-0.39, 0.29) is 22.5 Å². The third kappa shape index (κ3) is 1.78. The van der Waals surface area contributed by atoms with Crippen LogP contribution >= 0.6 is 11.6 Å². The van der Waals surface area contributed by atoms with Crippen LogP contribution in [0.3, 0.4) is 0 Å². The predicted molar refractivity (Wildman–Crippen MR) is 47.2 cm³/mol. The molecule has 0 amide bonds. The van der Waals surface area contributed by atoms with Crippen molar-refractivity contribution in [2.75, 3.05) is 18.6 Å². The number of nitrogen functional groups attached to an aromatic ring is 2. The van der Waals surface area contributed by atoms with E-state index in [1.807, 2.05) is 0 Å². The monoisotopic (exact) mass is 202 g/mol. The molecule has 0 radical (unpaired) electrons. The van der Waals surface area contributed by atoms with Gasteiger partial charge in [0, 0.05) is 0 Å². The molecule has 1 heterocycles. The second-order valence-electron chi connectivity index (χ2n) is 2.13. The van der Waals surface area contributed by atoms with E-state index in [0.717, 1.165) is 0 Å². The first kappa shape index (κ1) is 9.53. The molecule has 6 nitrogen and oxygen atoms in total. The molecule has 0 saturated heterocycles. The minimum Gasteiger partial charge on any atom is -0.464 e. The number of carbonyl (C=O) groups excluding carboxylic acids is 1. The van der Waals surface area contributed by atoms with E-state index in [1.165, 1.54) is 7.11 Å². The predicted octanol–water partition coefficient (Wildman–Crippen LogP) is 0.0810. The number of aromatic nitrogens is 2.